The number of nitrogens with zero attached hydrogens (tertiary/aromatic N) is 3. The van der Waals surface area contributed by atoms with Crippen LogP contribution in [0.1, 0.15) is 44.9 Å². The summed E-state index contributed by atoms with van der Waals surface area (Å²) >= 11 is 0. The highest BCUT2D eigenvalue weighted by atomic mass is 16.3. The first-order valence-electron chi connectivity index (χ1n) is 6.52. The number of hydrogen-bond acceptors (Lipinski definition) is 2. The highest BCUT2D eigenvalue weighted by molar-refractivity contribution is 5.85. The Morgan fingerprint density at radius 2 is 2.18 bits per heavy atom. The molecule has 1 aromatic rings. The van der Waals surface area contributed by atoms with Crippen molar-refractivity contribution in [1.82, 2.24) is 4.57 Å². The van der Waals surface area contributed by atoms with Gasteiger partial charge in [0.25, 0.3) is 5.82 Å². The van der Waals surface area contributed by atoms with Gasteiger partial charge in [-0.1, -0.05) is 19.3 Å². The smallest absolute Gasteiger partial charge is 0.291 e. The highest BCUT2D eigenvalue weighted by Crippen LogP contribution is 2.20. The molecule has 1 fully saturated rings. The fourth-order valence-electron chi connectivity index (χ4n) is 2.49. The molecule has 4 heteroatoms. The van der Waals surface area contributed by atoms with Crippen molar-refractivity contribution in [3.63, 3.8) is 0 Å². The van der Waals surface area contributed by atoms with Crippen LogP contribution in [0.25, 0.3) is 0 Å². The van der Waals surface area contributed by atoms with Gasteiger partial charge in [0.15, 0.2) is 0 Å². The highest BCUT2D eigenvalue weighted by Gasteiger charge is 2.16. The normalized spacial score (nSPS) is 18.6. The van der Waals surface area contributed by atoms with Gasteiger partial charge < -0.3 is 5.11 Å². The molecular formula is C13H21N3O. The van der Waals surface area contributed by atoms with Crippen molar-refractivity contribution >= 4 is 5.90 Å². The molecule has 0 spiro atoms. The minimum atomic E-state index is -0.0637. The van der Waals surface area contributed by atoms with Gasteiger partial charge in [0.2, 0.25) is 0 Å². The molecule has 17 heavy (non-hydrogen) atoms. The molecule has 94 valence electrons. The predicted octanol–water partition coefficient (Wildman–Crippen LogP) is 0.772. The largest absolute Gasteiger partial charge is 0.853 e. The van der Waals surface area contributed by atoms with Crippen LogP contribution in [0, 0.1) is 0 Å². The van der Waals surface area contributed by atoms with Crippen LogP contribution < -0.4 is 9.67 Å². The predicted molar refractivity (Wildman–Crippen MR) is 64.7 cm³/mol. The maximum Gasteiger partial charge on any atom is 0.291 e. The number of aromatic nitrogens is 2. The molecule has 0 aliphatic heterocycles. The molecule has 1 aliphatic carbocycles. The minimum absolute atomic E-state index is 0.0637. The maximum atomic E-state index is 12.2. The van der Waals surface area contributed by atoms with Gasteiger partial charge in [-0.25, -0.2) is 9.13 Å². The summed E-state index contributed by atoms with van der Waals surface area (Å²) in [5, 5.41) is 12.2. The van der Waals surface area contributed by atoms with Gasteiger partial charge in [0, 0.05) is 6.04 Å². The lowest BCUT2D eigenvalue weighted by molar-refractivity contribution is -0.674. The Kier molecular flexibility index (Phi) is 3.82. The van der Waals surface area contributed by atoms with E-state index >= 15 is 0 Å². The van der Waals surface area contributed by atoms with Gasteiger partial charge in [0.05, 0.1) is 19.5 Å². The molecule has 0 aromatic carbocycles. The third kappa shape index (κ3) is 2.68. The molecule has 0 unspecified atom stereocenters. The van der Waals surface area contributed by atoms with Gasteiger partial charge in [-0.3, -0.25) is 4.99 Å². The molecule has 0 radical (unpaired) electrons. The van der Waals surface area contributed by atoms with E-state index in [0.717, 1.165) is 19.4 Å². The first-order valence-corrected chi connectivity index (χ1v) is 6.52. The summed E-state index contributed by atoms with van der Waals surface area (Å²) in [6, 6.07) is 0.247. The van der Waals surface area contributed by atoms with Crippen molar-refractivity contribution in [1.29, 1.82) is 0 Å². The number of aliphatic imine (C=N–C) groups is 1. The number of hydrogen-bond donors (Lipinski definition) is 0. The quantitative estimate of drug-likeness (QED) is 0.433. The number of imidazole rings is 1. The second-order valence-corrected chi connectivity index (χ2v) is 4.74. The zero-order valence-corrected chi connectivity index (χ0v) is 10.7. The molecule has 0 amide bonds. The topological polar surface area (TPSA) is 44.2 Å². The van der Waals surface area contributed by atoms with Gasteiger partial charge >= 0.3 is 0 Å². The lowest BCUT2D eigenvalue weighted by Crippen LogP contribution is -2.41. The van der Waals surface area contributed by atoms with Crippen LogP contribution in [-0.2, 0) is 13.6 Å². The van der Waals surface area contributed by atoms with Gasteiger partial charge in [-0.2, -0.15) is 0 Å². The SMILES string of the molecule is CCn1cc[n+](C)c1C([O-])=NC1CCCCC1. The zero-order chi connectivity index (χ0) is 12.3. The summed E-state index contributed by atoms with van der Waals surface area (Å²) in [7, 11) is 1.90. The van der Waals surface area contributed by atoms with E-state index < -0.39 is 0 Å². The van der Waals surface area contributed by atoms with E-state index in [2.05, 4.69) is 4.99 Å². The van der Waals surface area contributed by atoms with Crippen LogP contribution >= 0.6 is 0 Å². The molecule has 4 nitrogen and oxygen atoms in total. The molecule has 0 N–H and O–H groups in total. The van der Waals surface area contributed by atoms with E-state index in [1.165, 1.54) is 19.3 Å². The van der Waals surface area contributed by atoms with Gasteiger partial charge in [0.1, 0.15) is 12.4 Å². The number of aryl methyl sites for hydroxylation is 2. The molecule has 0 atom stereocenters. The molecule has 1 saturated carbocycles. The van der Waals surface area contributed by atoms with E-state index in [1.54, 1.807) is 0 Å². The zero-order valence-electron chi connectivity index (χ0n) is 10.7. The Labute approximate surface area is 103 Å². The summed E-state index contributed by atoms with van der Waals surface area (Å²) in [5.74, 6) is 0.629. The second-order valence-electron chi connectivity index (χ2n) is 4.74. The maximum absolute atomic E-state index is 12.2. The molecule has 1 aromatic heterocycles. The van der Waals surface area contributed by atoms with Crippen LogP contribution in [0.5, 0.6) is 0 Å². The summed E-state index contributed by atoms with van der Waals surface area (Å²) in [5.41, 5.74) is 0. The van der Waals surface area contributed by atoms with Crippen molar-refractivity contribution in [3.05, 3.63) is 18.2 Å². The van der Waals surface area contributed by atoms with Gasteiger partial charge in [-0.05, 0) is 19.8 Å². The number of rotatable bonds is 3. The molecule has 0 bridgehead atoms. The van der Waals surface area contributed by atoms with E-state index in [1.807, 2.05) is 35.5 Å². The molecule has 1 aliphatic rings. The Morgan fingerprint density at radius 3 is 2.82 bits per heavy atom. The van der Waals surface area contributed by atoms with Crippen molar-refractivity contribution < 1.29 is 9.67 Å². The molecule has 1 heterocycles. The Balaban J connectivity index is 2.19. The van der Waals surface area contributed by atoms with E-state index in [-0.39, 0.29) is 11.9 Å². The summed E-state index contributed by atoms with van der Waals surface area (Å²) in [4.78, 5) is 4.37. The first-order chi connectivity index (χ1) is 8.22. The Hall–Kier alpha value is -1.32. The lowest BCUT2D eigenvalue weighted by atomic mass is 9.96. The third-order valence-corrected chi connectivity index (χ3v) is 3.48. The van der Waals surface area contributed by atoms with Crippen LogP contribution in [-0.4, -0.2) is 16.5 Å². The summed E-state index contributed by atoms with van der Waals surface area (Å²) in [6.45, 7) is 2.85. The van der Waals surface area contributed by atoms with E-state index in [4.69, 9.17) is 0 Å². The molecule has 0 saturated heterocycles. The second kappa shape index (κ2) is 5.34. The van der Waals surface area contributed by atoms with Crippen LogP contribution in [0.15, 0.2) is 17.4 Å². The summed E-state index contributed by atoms with van der Waals surface area (Å²) in [6.07, 6.45) is 9.70. The van der Waals surface area contributed by atoms with Crippen molar-refractivity contribution in [2.75, 3.05) is 0 Å². The van der Waals surface area contributed by atoms with Crippen LogP contribution in [0.2, 0.25) is 0 Å². The van der Waals surface area contributed by atoms with Gasteiger partial charge in [-0.15, -0.1) is 0 Å². The van der Waals surface area contributed by atoms with Crippen LogP contribution in [0.4, 0.5) is 0 Å². The summed E-state index contributed by atoms with van der Waals surface area (Å²) < 4.78 is 3.81. The standard InChI is InChI=1S/C13H21N3O/c1-3-16-10-9-15(2)13(16)12(17)14-11-7-5-4-6-8-11/h9-11H,3-8H2,1-2H3. The van der Waals surface area contributed by atoms with Crippen LogP contribution in [0.3, 0.4) is 0 Å². The lowest BCUT2D eigenvalue weighted by Gasteiger charge is -2.20. The third-order valence-electron chi connectivity index (χ3n) is 3.48. The monoisotopic (exact) mass is 235 g/mol. The average molecular weight is 235 g/mol. The Morgan fingerprint density at radius 1 is 1.47 bits per heavy atom. The minimum Gasteiger partial charge on any atom is -0.853 e. The fourth-order valence-corrected chi connectivity index (χ4v) is 2.49. The molecular weight excluding hydrogens is 214 g/mol. The Bertz CT molecular complexity index is 403. The van der Waals surface area contributed by atoms with Crippen molar-refractivity contribution in [2.24, 2.45) is 12.0 Å². The van der Waals surface area contributed by atoms with E-state index in [9.17, 15) is 5.11 Å². The van der Waals surface area contributed by atoms with Crippen molar-refractivity contribution in [2.45, 2.75) is 51.6 Å². The van der Waals surface area contributed by atoms with E-state index in [0.29, 0.717) is 5.82 Å². The average Bonchev–Trinajstić information content (AvgIpc) is 2.71. The first kappa shape index (κ1) is 12.1. The molecule has 2 rings (SSSR count). The van der Waals surface area contributed by atoms with Crippen molar-refractivity contribution in [3.8, 4) is 0 Å². The fraction of sp³-hybridized carbons (Fsp3) is 0.692.